The Kier molecular flexibility index (Phi) is 17.4. The average molecular weight is 436 g/mol. The molecule has 0 aromatic heterocycles. The van der Waals surface area contributed by atoms with Crippen LogP contribution in [0.25, 0.3) is 0 Å². The van der Waals surface area contributed by atoms with Crippen LogP contribution >= 0.6 is 0 Å². The van der Waals surface area contributed by atoms with Gasteiger partial charge in [0, 0.05) is 11.1 Å². The Hall–Kier alpha value is -2.25. The molecule has 0 radical (unpaired) electrons. The largest absolute Gasteiger partial charge is 0.344 e. The SMILES string of the molecule is CCCCOOC=O.C[N+](C)(C)Cc1ccccc1.C[N+](C)(C)Cc1ccccc1.N. The molecule has 0 aliphatic heterocycles. The molecule has 3 N–H and O–H groups in total. The van der Waals surface area contributed by atoms with Gasteiger partial charge in [0.25, 0.3) is 0 Å². The standard InChI is InChI=1S/2C10H16N.C5H10O3.H3N/c2*1-11(2,3)9-10-7-5-4-6-8-10;1-2-3-4-7-8-5-6;/h2*4-8H,9H2,1-3H3;5H,2-4H2,1H3;1H3/q2*+1;;. The van der Waals surface area contributed by atoms with Gasteiger partial charge in [0.05, 0.1) is 48.9 Å². The van der Waals surface area contributed by atoms with Crippen molar-refractivity contribution in [2.24, 2.45) is 0 Å². The van der Waals surface area contributed by atoms with Crippen LogP contribution in [0.2, 0.25) is 0 Å². The molecule has 0 saturated carbocycles. The molecule has 0 unspecified atom stereocenters. The second-order valence-corrected chi connectivity index (χ2v) is 9.24. The first-order chi connectivity index (χ1) is 14.1. The highest BCUT2D eigenvalue weighted by Crippen LogP contribution is 2.06. The summed E-state index contributed by atoms with van der Waals surface area (Å²) in [7, 11) is 13.2. The van der Waals surface area contributed by atoms with Crippen molar-refractivity contribution in [3.05, 3.63) is 71.8 Å². The monoisotopic (exact) mass is 435 g/mol. The molecule has 0 amide bonds. The van der Waals surface area contributed by atoms with E-state index in [4.69, 9.17) is 0 Å². The Morgan fingerprint density at radius 2 is 1.13 bits per heavy atom. The summed E-state index contributed by atoms with van der Waals surface area (Å²) in [6.07, 6.45) is 1.97. The lowest BCUT2D eigenvalue weighted by molar-refractivity contribution is -0.884. The third-order valence-corrected chi connectivity index (χ3v) is 3.69. The summed E-state index contributed by atoms with van der Waals surface area (Å²) >= 11 is 0. The smallest absolute Gasteiger partial charge is 0.330 e. The lowest BCUT2D eigenvalue weighted by Crippen LogP contribution is -2.33. The van der Waals surface area contributed by atoms with Crippen molar-refractivity contribution in [2.75, 3.05) is 48.9 Å². The van der Waals surface area contributed by atoms with Crippen LogP contribution in [0.5, 0.6) is 0 Å². The molecule has 0 spiro atoms. The van der Waals surface area contributed by atoms with E-state index >= 15 is 0 Å². The average Bonchev–Trinajstić information content (AvgIpc) is 2.65. The number of unbranched alkanes of at least 4 members (excludes halogenated alkanes) is 1. The van der Waals surface area contributed by atoms with Crippen LogP contribution < -0.4 is 6.15 Å². The van der Waals surface area contributed by atoms with Crippen molar-refractivity contribution in [3.8, 4) is 0 Å². The van der Waals surface area contributed by atoms with Gasteiger partial charge in [0.1, 0.15) is 13.1 Å². The first-order valence-corrected chi connectivity index (χ1v) is 10.5. The molecule has 176 valence electrons. The molecule has 0 saturated heterocycles. The highest BCUT2D eigenvalue weighted by atomic mass is 17.2. The van der Waals surface area contributed by atoms with Gasteiger partial charge in [-0.25, -0.2) is 0 Å². The van der Waals surface area contributed by atoms with Gasteiger partial charge in [0.2, 0.25) is 0 Å². The second kappa shape index (κ2) is 17.4. The molecular weight excluding hydrogens is 390 g/mol. The minimum Gasteiger partial charge on any atom is -0.344 e. The first kappa shape index (κ1) is 30.9. The molecule has 0 atom stereocenters. The van der Waals surface area contributed by atoms with Crippen LogP contribution in [0.4, 0.5) is 0 Å². The molecule has 6 heteroatoms. The zero-order chi connectivity index (χ0) is 22.9. The van der Waals surface area contributed by atoms with E-state index < -0.39 is 0 Å². The van der Waals surface area contributed by atoms with E-state index in [2.05, 4.69) is 113 Å². The summed E-state index contributed by atoms with van der Waals surface area (Å²) in [5.74, 6) is 0. The molecule has 0 fully saturated rings. The number of carbonyl (C=O) groups is 1. The van der Waals surface area contributed by atoms with Gasteiger partial charge in [-0.15, -0.1) is 0 Å². The van der Waals surface area contributed by atoms with Gasteiger partial charge in [-0.3, -0.25) is 4.79 Å². The summed E-state index contributed by atoms with van der Waals surface area (Å²) in [4.78, 5) is 17.7. The fraction of sp³-hybridized carbons (Fsp3) is 0.480. The fourth-order valence-electron chi connectivity index (χ4n) is 2.54. The summed E-state index contributed by atoms with van der Waals surface area (Å²) in [5, 5.41) is 0. The number of rotatable bonds is 9. The topological polar surface area (TPSA) is 70.5 Å². The van der Waals surface area contributed by atoms with Crippen molar-refractivity contribution in [3.63, 3.8) is 0 Å². The van der Waals surface area contributed by atoms with Crippen LogP contribution in [0, 0.1) is 0 Å². The van der Waals surface area contributed by atoms with Crippen LogP contribution in [-0.2, 0) is 27.7 Å². The lowest BCUT2D eigenvalue weighted by atomic mass is 10.2. The maximum atomic E-state index is 9.42. The Bertz CT molecular complexity index is 600. The number of carbonyl (C=O) groups excluding carboxylic acids is 1. The molecule has 6 nitrogen and oxygen atoms in total. The minimum atomic E-state index is 0. The van der Waals surface area contributed by atoms with Gasteiger partial charge in [-0.2, -0.15) is 4.89 Å². The highest BCUT2D eigenvalue weighted by Gasteiger charge is 2.07. The molecule has 2 aromatic rings. The number of benzene rings is 2. The van der Waals surface area contributed by atoms with Crippen LogP contribution in [0.3, 0.4) is 0 Å². The van der Waals surface area contributed by atoms with Crippen LogP contribution in [0.1, 0.15) is 30.9 Å². The Morgan fingerprint density at radius 1 is 0.742 bits per heavy atom. The summed E-state index contributed by atoms with van der Waals surface area (Å²) in [6, 6.07) is 21.1. The Morgan fingerprint density at radius 3 is 1.42 bits per heavy atom. The van der Waals surface area contributed by atoms with E-state index in [1.807, 2.05) is 6.92 Å². The summed E-state index contributed by atoms with van der Waals surface area (Å²) < 4.78 is 1.98. The van der Waals surface area contributed by atoms with E-state index in [1.165, 1.54) is 11.1 Å². The van der Waals surface area contributed by atoms with Crippen molar-refractivity contribution in [2.45, 2.75) is 32.9 Å². The maximum absolute atomic E-state index is 9.42. The molecule has 0 bridgehead atoms. The molecule has 0 heterocycles. The molecule has 0 aliphatic carbocycles. The number of quaternary nitrogens is 2. The fourth-order valence-corrected chi connectivity index (χ4v) is 2.54. The van der Waals surface area contributed by atoms with Gasteiger partial charge in [-0.05, 0) is 6.42 Å². The third-order valence-electron chi connectivity index (χ3n) is 3.69. The van der Waals surface area contributed by atoms with Gasteiger partial charge in [-0.1, -0.05) is 74.0 Å². The molecule has 31 heavy (non-hydrogen) atoms. The quantitative estimate of drug-likeness (QED) is 0.201. The van der Waals surface area contributed by atoms with E-state index in [-0.39, 0.29) is 12.6 Å². The summed E-state index contributed by atoms with van der Waals surface area (Å²) in [5.41, 5.74) is 2.81. The van der Waals surface area contributed by atoms with Gasteiger partial charge >= 0.3 is 6.47 Å². The lowest BCUT2D eigenvalue weighted by Gasteiger charge is -2.23. The Balaban J connectivity index is 0. The minimum absolute atomic E-state index is 0. The molecular formula is C25H45N3O3+2. The predicted molar refractivity (Wildman–Crippen MR) is 129 cm³/mol. The van der Waals surface area contributed by atoms with E-state index in [0.29, 0.717) is 6.61 Å². The van der Waals surface area contributed by atoms with Crippen LogP contribution in [0.15, 0.2) is 60.7 Å². The van der Waals surface area contributed by atoms with Crippen molar-refractivity contribution in [1.82, 2.24) is 6.15 Å². The van der Waals surface area contributed by atoms with Gasteiger partial charge in [0.15, 0.2) is 0 Å². The zero-order valence-electron chi connectivity index (χ0n) is 20.7. The normalized spacial score (nSPS) is 10.4. The Labute approximate surface area is 190 Å². The van der Waals surface area contributed by atoms with Crippen molar-refractivity contribution < 1.29 is 23.5 Å². The number of hydrogen-bond acceptors (Lipinski definition) is 4. The van der Waals surface area contributed by atoms with E-state index in [0.717, 1.165) is 34.9 Å². The number of hydrogen-bond donors (Lipinski definition) is 1. The molecule has 2 aromatic carbocycles. The number of nitrogens with zero attached hydrogens (tertiary/aromatic N) is 2. The maximum Gasteiger partial charge on any atom is 0.330 e. The molecule has 0 aliphatic rings. The highest BCUT2D eigenvalue weighted by molar-refractivity contribution is 5.35. The second-order valence-electron chi connectivity index (χ2n) is 9.24. The zero-order valence-corrected chi connectivity index (χ0v) is 20.7. The first-order valence-electron chi connectivity index (χ1n) is 10.5. The van der Waals surface area contributed by atoms with Crippen molar-refractivity contribution in [1.29, 1.82) is 0 Å². The van der Waals surface area contributed by atoms with Gasteiger partial charge < -0.3 is 20.0 Å². The third kappa shape index (κ3) is 22.3. The van der Waals surface area contributed by atoms with Crippen molar-refractivity contribution >= 4 is 6.47 Å². The summed E-state index contributed by atoms with van der Waals surface area (Å²) in [6.45, 7) is 5.00. The van der Waals surface area contributed by atoms with E-state index in [9.17, 15) is 4.79 Å². The van der Waals surface area contributed by atoms with Crippen LogP contribution in [-0.4, -0.2) is 64.3 Å². The predicted octanol–water partition coefficient (Wildman–Crippen LogP) is 4.84. The molecule has 2 rings (SSSR count). The van der Waals surface area contributed by atoms with E-state index in [1.54, 1.807) is 0 Å².